The first-order valence-corrected chi connectivity index (χ1v) is 12.9. The molecule has 1 saturated carbocycles. The van der Waals surface area contributed by atoms with Crippen LogP contribution >= 0.6 is 11.3 Å². The number of thiophene rings is 1. The summed E-state index contributed by atoms with van der Waals surface area (Å²) in [6, 6.07) is 10.6. The molecule has 0 spiro atoms. The third-order valence-electron chi connectivity index (χ3n) is 7.08. The minimum absolute atomic E-state index is 0.0777. The standard InChI is InChI=1S/C26H29N5O2S/c1-33-22-5-3-2-4-17(22)10-11-31-15-28-25-24(26(31)32)20-9-8-18(13-23(20)34-25)27-14-19-12-21(30-29-19)16-6-7-16/h2-5,12,15-16,18,27H,6-11,13-14H2,1H3,(H,29,30). The maximum absolute atomic E-state index is 13.4. The van der Waals surface area contributed by atoms with Crippen LogP contribution in [0.4, 0.5) is 0 Å². The van der Waals surface area contributed by atoms with Gasteiger partial charge in [0.25, 0.3) is 5.56 Å². The maximum atomic E-state index is 13.4. The molecule has 3 heterocycles. The zero-order chi connectivity index (χ0) is 23.1. The lowest BCUT2D eigenvalue weighted by Gasteiger charge is -2.23. The lowest BCUT2D eigenvalue weighted by Crippen LogP contribution is -2.34. The number of ether oxygens (including phenoxy) is 1. The lowest BCUT2D eigenvalue weighted by atomic mass is 9.93. The van der Waals surface area contributed by atoms with Gasteiger partial charge >= 0.3 is 0 Å². The highest BCUT2D eigenvalue weighted by atomic mass is 32.1. The van der Waals surface area contributed by atoms with Crippen LogP contribution in [0.5, 0.6) is 5.75 Å². The highest BCUT2D eigenvalue weighted by Gasteiger charge is 2.27. The Balaban J connectivity index is 1.16. The van der Waals surface area contributed by atoms with E-state index in [2.05, 4.69) is 26.6 Å². The largest absolute Gasteiger partial charge is 0.496 e. The van der Waals surface area contributed by atoms with Crippen molar-refractivity contribution in [1.29, 1.82) is 0 Å². The van der Waals surface area contributed by atoms with E-state index in [1.54, 1.807) is 29.3 Å². The van der Waals surface area contributed by atoms with E-state index in [0.29, 0.717) is 18.5 Å². The van der Waals surface area contributed by atoms with Crippen molar-refractivity contribution in [3.8, 4) is 5.75 Å². The van der Waals surface area contributed by atoms with Crippen LogP contribution in [0.15, 0.2) is 41.5 Å². The van der Waals surface area contributed by atoms with Gasteiger partial charge in [-0.25, -0.2) is 4.98 Å². The average molecular weight is 476 g/mol. The molecule has 0 radical (unpaired) electrons. The van der Waals surface area contributed by atoms with E-state index in [1.165, 1.54) is 29.0 Å². The number of nitrogens with one attached hydrogen (secondary N) is 2. The van der Waals surface area contributed by atoms with E-state index in [-0.39, 0.29) is 5.56 Å². The average Bonchev–Trinajstić information content (AvgIpc) is 3.48. The minimum Gasteiger partial charge on any atom is -0.496 e. The molecule has 0 amide bonds. The molecule has 34 heavy (non-hydrogen) atoms. The molecule has 1 fully saturated rings. The van der Waals surface area contributed by atoms with Crippen molar-refractivity contribution in [2.75, 3.05) is 7.11 Å². The molecule has 0 saturated heterocycles. The first-order chi connectivity index (χ1) is 16.7. The van der Waals surface area contributed by atoms with Crippen molar-refractivity contribution in [3.63, 3.8) is 0 Å². The van der Waals surface area contributed by atoms with Gasteiger partial charge in [-0.15, -0.1) is 11.3 Å². The molecule has 6 rings (SSSR count). The predicted octanol–water partition coefficient (Wildman–Crippen LogP) is 3.96. The molecule has 3 aromatic heterocycles. The summed E-state index contributed by atoms with van der Waals surface area (Å²) in [7, 11) is 1.68. The quantitative estimate of drug-likeness (QED) is 0.403. The summed E-state index contributed by atoms with van der Waals surface area (Å²) in [5.41, 5.74) is 4.75. The Hall–Kier alpha value is -2.97. The number of hydrogen-bond acceptors (Lipinski definition) is 6. The van der Waals surface area contributed by atoms with Crippen molar-refractivity contribution in [1.82, 2.24) is 25.1 Å². The van der Waals surface area contributed by atoms with E-state index in [9.17, 15) is 4.79 Å². The van der Waals surface area contributed by atoms with Gasteiger partial charge in [-0.1, -0.05) is 18.2 Å². The number of aromatic nitrogens is 4. The van der Waals surface area contributed by atoms with Gasteiger partial charge in [0.05, 0.1) is 24.5 Å². The van der Waals surface area contributed by atoms with Crippen LogP contribution in [0.1, 0.15) is 52.6 Å². The van der Waals surface area contributed by atoms with Crippen LogP contribution in [0.25, 0.3) is 10.2 Å². The Kier molecular flexibility index (Phi) is 5.71. The van der Waals surface area contributed by atoms with Gasteiger partial charge in [0.15, 0.2) is 0 Å². The molecular weight excluding hydrogens is 446 g/mol. The third-order valence-corrected chi connectivity index (χ3v) is 8.24. The smallest absolute Gasteiger partial charge is 0.262 e. The summed E-state index contributed by atoms with van der Waals surface area (Å²) in [6.07, 6.45) is 7.85. The van der Waals surface area contributed by atoms with Crippen LogP contribution in [-0.2, 0) is 32.4 Å². The molecule has 2 aliphatic rings. The monoisotopic (exact) mass is 475 g/mol. The lowest BCUT2D eigenvalue weighted by molar-refractivity contribution is 0.408. The van der Waals surface area contributed by atoms with Gasteiger partial charge < -0.3 is 10.1 Å². The summed E-state index contributed by atoms with van der Waals surface area (Å²) < 4.78 is 7.21. The second-order valence-corrected chi connectivity index (χ2v) is 10.5. The van der Waals surface area contributed by atoms with Crippen LogP contribution in [0.2, 0.25) is 0 Å². The second kappa shape index (κ2) is 9.00. The molecule has 2 aliphatic carbocycles. The van der Waals surface area contributed by atoms with E-state index in [0.717, 1.165) is 59.5 Å². The van der Waals surface area contributed by atoms with E-state index in [4.69, 9.17) is 4.74 Å². The SMILES string of the molecule is COc1ccccc1CCn1cnc2sc3c(c2c1=O)CCC(NCc1cc(C2CC2)n[nH]1)C3. The number of nitrogens with zero attached hydrogens (tertiary/aromatic N) is 3. The van der Waals surface area contributed by atoms with Crippen molar-refractivity contribution < 1.29 is 4.74 Å². The number of benzene rings is 1. The Morgan fingerprint density at radius 1 is 1.26 bits per heavy atom. The van der Waals surface area contributed by atoms with Gasteiger partial charge in [0, 0.05) is 35.6 Å². The minimum atomic E-state index is 0.0777. The summed E-state index contributed by atoms with van der Waals surface area (Å²) in [5.74, 6) is 1.53. The number of fused-ring (bicyclic) bond motifs is 3. The molecule has 176 valence electrons. The predicted molar refractivity (Wildman–Crippen MR) is 134 cm³/mol. The first kappa shape index (κ1) is 21.6. The number of aryl methyl sites for hydroxylation is 3. The Morgan fingerprint density at radius 2 is 2.15 bits per heavy atom. The highest BCUT2D eigenvalue weighted by Crippen LogP contribution is 2.39. The van der Waals surface area contributed by atoms with Crippen molar-refractivity contribution in [2.45, 2.75) is 63.6 Å². The van der Waals surface area contributed by atoms with E-state index in [1.807, 2.05) is 24.3 Å². The van der Waals surface area contributed by atoms with Gasteiger partial charge in [0.2, 0.25) is 0 Å². The van der Waals surface area contributed by atoms with Gasteiger partial charge in [-0.2, -0.15) is 5.10 Å². The molecular formula is C26H29N5O2S. The number of methoxy groups -OCH3 is 1. The summed E-state index contributed by atoms with van der Waals surface area (Å²) >= 11 is 1.68. The molecule has 7 nitrogen and oxygen atoms in total. The van der Waals surface area contributed by atoms with Crippen LogP contribution < -0.4 is 15.6 Å². The van der Waals surface area contributed by atoms with E-state index >= 15 is 0 Å². The molecule has 1 unspecified atom stereocenters. The Labute approximate surface area is 202 Å². The molecule has 2 N–H and O–H groups in total. The van der Waals surface area contributed by atoms with Crippen molar-refractivity contribution >= 4 is 21.6 Å². The fraction of sp³-hybridized carbons (Fsp3) is 0.423. The summed E-state index contributed by atoms with van der Waals surface area (Å²) in [4.78, 5) is 20.2. The zero-order valence-corrected chi connectivity index (χ0v) is 20.2. The molecule has 1 atom stereocenters. The van der Waals surface area contributed by atoms with Gasteiger partial charge in [0.1, 0.15) is 10.6 Å². The molecule has 4 aromatic rings. The van der Waals surface area contributed by atoms with E-state index < -0.39 is 0 Å². The van der Waals surface area contributed by atoms with Crippen LogP contribution in [0.3, 0.4) is 0 Å². The Morgan fingerprint density at radius 3 is 3.00 bits per heavy atom. The number of rotatable bonds is 8. The van der Waals surface area contributed by atoms with Gasteiger partial charge in [-0.05, 0) is 61.8 Å². The van der Waals surface area contributed by atoms with Crippen molar-refractivity contribution in [2.24, 2.45) is 0 Å². The number of H-pyrrole nitrogens is 1. The maximum Gasteiger partial charge on any atom is 0.262 e. The van der Waals surface area contributed by atoms with Crippen LogP contribution in [0, 0.1) is 0 Å². The second-order valence-electron chi connectivity index (χ2n) is 9.40. The Bertz CT molecular complexity index is 1380. The molecule has 8 heteroatoms. The number of para-hydroxylation sites is 1. The van der Waals surface area contributed by atoms with Gasteiger partial charge in [-0.3, -0.25) is 14.5 Å². The van der Waals surface area contributed by atoms with Crippen LogP contribution in [-0.4, -0.2) is 32.9 Å². The van der Waals surface area contributed by atoms with Crippen molar-refractivity contribution in [3.05, 3.63) is 74.4 Å². The zero-order valence-electron chi connectivity index (χ0n) is 19.3. The molecule has 0 aliphatic heterocycles. The summed E-state index contributed by atoms with van der Waals surface area (Å²) in [6.45, 7) is 1.39. The fourth-order valence-electron chi connectivity index (χ4n) is 5.00. The number of aromatic amines is 1. The summed E-state index contributed by atoms with van der Waals surface area (Å²) in [5, 5.41) is 12.1. The normalized spacial score (nSPS) is 17.7. The highest BCUT2D eigenvalue weighted by molar-refractivity contribution is 7.18. The number of hydrogen-bond donors (Lipinski definition) is 2. The molecule has 0 bridgehead atoms. The topological polar surface area (TPSA) is 84.8 Å². The molecule has 1 aromatic carbocycles. The first-order valence-electron chi connectivity index (χ1n) is 12.1. The fourth-order valence-corrected chi connectivity index (χ4v) is 6.26. The third kappa shape index (κ3) is 4.16.